The van der Waals surface area contributed by atoms with E-state index in [-0.39, 0.29) is 24.7 Å². The van der Waals surface area contributed by atoms with Crippen molar-refractivity contribution in [3.63, 3.8) is 0 Å². The first-order valence-corrected chi connectivity index (χ1v) is 6.17. The molecule has 2 rings (SSSR count). The molecule has 17 heavy (non-hydrogen) atoms. The van der Waals surface area contributed by atoms with Crippen LogP contribution in [0.2, 0.25) is 0 Å². The Bertz CT molecular complexity index is 340. The molecule has 0 unspecified atom stereocenters. The normalized spacial score (nSPS) is 24.8. The second kappa shape index (κ2) is 4.47. The summed E-state index contributed by atoms with van der Waals surface area (Å²) in [7, 11) is 0. The van der Waals surface area contributed by atoms with E-state index in [4.69, 9.17) is 0 Å². The number of amides is 2. The van der Waals surface area contributed by atoms with Gasteiger partial charge in [0.2, 0.25) is 11.8 Å². The van der Waals surface area contributed by atoms with Crippen LogP contribution in [0.5, 0.6) is 0 Å². The number of likely N-dealkylation sites (tertiary alicyclic amines) is 1. The second-order valence-electron chi connectivity index (χ2n) is 4.87. The van der Waals surface area contributed by atoms with Crippen LogP contribution in [0.25, 0.3) is 0 Å². The largest absolute Gasteiger partial charge is 0.479 e. The number of imide groups is 1. The minimum absolute atomic E-state index is 0.161. The number of aliphatic carboxylic acids is 1. The van der Waals surface area contributed by atoms with Crippen LogP contribution < -0.4 is 0 Å². The third-order valence-electron chi connectivity index (χ3n) is 3.81. The highest BCUT2D eigenvalue weighted by Crippen LogP contribution is 2.36. The van der Waals surface area contributed by atoms with Gasteiger partial charge in [0.05, 0.1) is 0 Å². The van der Waals surface area contributed by atoms with Gasteiger partial charge >= 0.3 is 5.97 Å². The molecule has 1 N–H and O–H groups in total. The molecule has 0 aromatic heterocycles. The summed E-state index contributed by atoms with van der Waals surface area (Å²) in [5.41, 5.74) is -1.26. The number of rotatable bonds is 2. The van der Waals surface area contributed by atoms with Gasteiger partial charge in [0.1, 0.15) is 5.54 Å². The predicted molar refractivity (Wildman–Crippen MR) is 59.2 cm³/mol. The van der Waals surface area contributed by atoms with Gasteiger partial charge in [-0.3, -0.25) is 14.5 Å². The second-order valence-corrected chi connectivity index (χ2v) is 4.87. The molecule has 1 aliphatic heterocycles. The lowest BCUT2D eigenvalue weighted by molar-refractivity contribution is -0.164. The molecule has 0 aromatic carbocycles. The summed E-state index contributed by atoms with van der Waals surface area (Å²) in [6.07, 6.45) is 4.62. The van der Waals surface area contributed by atoms with Crippen molar-refractivity contribution >= 4 is 17.8 Å². The van der Waals surface area contributed by atoms with Crippen LogP contribution in [-0.2, 0) is 14.4 Å². The van der Waals surface area contributed by atoms with E-state index in [1.165, 1.54) is 0 Å². The summed E-state index contributed by atoms with van der Waals surface area (Å²) in [4.78, 5) is 36.1. The Morgan fingerprint density at radius 3 is 1.88 bits per heavy atom. The highest BCUT2D eigenvalue weighted by atomic mass is 16.4. The van der Waals surface area contributed by atoms with Gasteiger partial charge in [-0.25, -0.2) is 4.79 Å². The summed E-state index contributed by atoms with van der Waals surface area (Å²) >= 11 is 0. The van der Waals surface area contributed by atoms with Crippen molar-refractivity contribution in [2.24, 2.45) is 0 Å². The Labute approximate surface area is 99.8 Å². The van der Waals surface area contributed by atoms with E-state index in [0.29, 0.717) is 12.8 Å². The Kier molecular flexibility index (Phi) is 3.17. The van der Waals surface area contributed by atoms with Gasteiger partial charge in [-0.2, -0.15) is 0 Å². The summed E-state index contributed by atoms with van der Waals surface area (Å²) < 4.78 is 0. The summed E-state index contributed by atoms with van der Waals surface area (Å²) in [6.45, 7) is 0. The van der Waals surface area contributed by atoms with E-state index >= 15 is 0 Å². The van der Waals surface area contributed by atoms with Crippen LogP contribution in [0.3, 0.4) is 0 Å². The molecule has 0 atom stereocenters. The van der Waals surface area contributed by atoms with Crippen molar-refractivity contribution in [3.05, 3.63) is 0 Å². The van der Waals surface area contributed by atoms with Crippen molar-refractivity contribution in [1.82, 2.24) is 4.90 Å². The Hall–Kier alpha value is -1.39. The first-order valence-electron chi connectivity index (χ1n) is 6.17. The highest BCUT2D eigenvalue weighted by molar-refractivity contribution is 6.06. The van der Waals surface area contributed by atoms with E-state index in [2.05, 4.69) is 0 Å². The maximum absolute atomic E-state index is 11.7. The predicted octanol–water partition coefficient (Wildman–Crippen LogP) is 1.31. The molecular weight excluding hydrogens is 222 g/mol. The maximum Gasteiger partial charge on any atom is 0.330 e. The van der Waals surface area contributed by atoms with E-state index in [1.807, 2.05) is 0 Å². The molecule has 1 aliphatic carbocycles. The van der Waals surface area contributed by atoms with Gasteiger partial charge in [0.15, 0.2) is 0 Å². The topological polar surface area (TPSA) is 74.7 Å². The van der Waals surface area contributed by atoms with Crippen molar-refractivity contribution < 1.29 is 19.5 Å². The molecule has 5 heteroatoms. The Morgan fingerprint density at radius 1 is 1.00 bits per heavy atom. The van der Waals surface area contributed by atoms with Crippen LogP contribution in [0.4, 0.5) is 0 Å². The van der Waals surface area contributed by atoms with Gasteiger partial charge in [0, 0.05) is 12.8 Å². The monoisotopic (exact) mass is 239 g/mol. The average Bonchev–Trinajstić information content (AvgIpc) is 2.54. The molecule has 0 radical (unpaired) electrons. The van der Waals surface area contributed by atoms with Crippen molar-refractivity contribution in [2.45, 2.75) is 56.9 Å². The fourth-order valence-corrected chi connectivity index (χ4v) is 2.90. The van der Waals surface area contributed by atoms with Crippen LogP contribution in [0.15, 0.2) is 0 Å². The first kappa shape index (κ1) is 12.1. The number of hydrogen-bond donors (Lipinski definition) is 1. The highest BCUT2D eigenvalue weighted by Gasteiger charge is 2.51. The zero-order valence-electron chi connectivity index (χ0n) is 9.78. The fraction of sp³-hybridized carbons (Fsp3) is 0.750. The van der Waals surface area contributed by atoms with E-state index in [9.17, 15) is 19.5 Å². The van der Waals surface area contributed by atoms with Crippen molar-refractivity contribution in [1.29, 1.82) is 0 Å². The lowest BCUT2D eigenvalue weighted by Crippen LogP contribution is -2.56. The fourth-order valence-electron chi connectivity index (χ4n) is 2.90. The van der Waals surface area contributed by atoms with Crippen molar-refractivity contribution in [2.75, 3.05) is 0 Å². The van der Waals surface area contributed by atoms with Crippen LogP contribution in [0, 0.1) is 0 Å². The molecule has 94 valence electrons. The molecule has 1 saturated heterocycles. The molecule has 1 heterocycles. The van der Waals surface area contributed by atoms with Gasteiger partial charge in [0.25, 0.3) is 0 Å². The van der Waals surface area contributed by atoms with E-state index in [1.54, 1.807) is 0 Å². The molecule has 5 nitrogen and oxygen atoms in total. The van der Waals surface area contributed by atoms with Gasteiger partial charge < -0.3 is 5.11 Å². The smallest absolute Gasteiger partial charge is 0.330 e. The molecular formula is C12H17NO4. The lowest BCUT2D eigenvalue weighted by atomic mass is 9.88. The number of carboxylic acid groups (broad SMARTS) is 1. The van der Waals surface area contributed by atoms with Gasteiger partial charge in [-0.05, 0) is 12.8 Å². The number of hydrogen-bond acceptors (Lipinski definition) is 3. The van der Waals surface area contributed by atoms with Crippen molar-refractivity contribution in [3.8, 4) is 0 Å². The van der Waals surface area contributed by atoms with Gasteiger partial charge in [-0.1, -0.05) is 25.7 Å². The first-order chi connectivity index (χ1) is 8.08. The van der Waals surface area contributed by atoms with E-state index in [0.717, 1.165) is 30.6 Å². The number of nitrogens with zero attached hydrogens (tertiary/aromatic N) is 1. The quantitative estimate of drug-likeness (QED) is 0.582. The zero-order valence-corrected chi connectivity index (χ0v) is 9.78. The Balaban J connectivity index is 2.35. The average molecular weight is 239 g/mol. The summed E-state index contributed by atoms with van der Waals surface area (Å²) in [5, 5.41) is 9.46. The SMILES string of the molecule is O=C1CCC(=O)N1C1(C(=O)O)CCCCCC1. The minimum atomic E-state index is -1.26. The number of carboxylic acids is 1. The molecule has 0 spiro atoms. The Morgan fingerprint density at radius 2 is 1.47 bits per heavy atom. The van der Waals surface area contributed by atoms with E-state index < -0.39 is 11.5 Å². The number of carbonyl (C=O) groups is 3. The van der Waals surface area contributed by atoms with Crippen LogP contribution >= 0.6 is 0 Å². The number of carbonyl (C=O) groups excluding carboxylic acids is 2. The molecule has 1 saturated carbocycles. The molecule has 2 fully saturated rings. The van der Waals surface area contributed by atoms with Gasteiger partial charge in [-0.15, -0.1) is 0 Å². The molecule has 0 bridgehead atoms. The maximum atomic E-state index is 11.7. The third-order valence-corrected chi connectivity index (χ3v) is 3.81. The lowest BCUT2D eigenvalue weighted by Gasteiger charge is -2.36. The van der Waals surface area contributed by atoms with Crippen LogP contribution in [-0.4, -0.2) is 33.3 Å². The minimum Gasteiger partial charge on any atom is -0.479 e. The van der Waals surface area contributed by atoms with Crippen LogP contribution in [0.1, 0.15) is 51.4 Å². The standard InChI is InChI=1S/C12H17NO4/c14-9-5-6-10(15)13(9)12(11(16)17)7-3-1-2-4-8-12/h1-8H2,(H,16,17). The molecule has 0 aromatic rings. The third kappa shape index (κ3) is 1.94. The zero-order chi connectivity index (χ0) is 12.5. The summed E-state index contributed by atoms with van der Waals surface area (Å²) in [6, 6.07) is 0. The molecule has 2 amide bonds. The summed E-state index contributed by atoms with van der Waals surface area (Å²) in [5.74, 6) is -1.67. The molecule has 2 aliphatic rings.